The molecule has 2 N–H and O–H groups in total. The van der Waals surface area contributed by atoms with Crippen LogP contribution in [-0.4, -0.2) is 12.5 Å². The maximum Gasteiger partial charge on any atom is 0.226 e. The molecule has 0 fully saturated rings. The molecule has 6 heteroatoms. The van der Waals surface area contributed by atoms with Crippen molar-refractivity contribution in [3.05, 3.63) is 57.0 Å². The van der Waals surface area contributed by atoms with E-state index in [0.717, 1.165) is 15.8 Å². The molecule has 0 aliphatic carbocycles. The highest BCUT2D eigenvalue weighted by Gasteiger charge is 2.03. The van der Waals surface area contributed by atoms with Crippen LogP contribution in [0.5, 0.6) is 0 Å². The van der Waals surface area contributed by atoms with Crippen molar-refractivity contribution in [2.24, 2.45) is 0 Å². The standard InChI is InChI=1S/C15H13BrCl2N2O/c16-10-2-1-3-12(8-10)20-15(21)6-7-19-11-4-5-13(17)14(18)9-11/h1-5,8-9,19H,6-7H2,(H,20,21). The number of halogens is 3. The number of carbonyl (C=O) groups excluding carboxylic acids is 1. The van der Waals surface area contributed by atoms with Crippen LogP contribution in [0.25, 0.3) is 0 Å². The Balaban J connectivity index is 1.80. The molecule has 0 aliphatic heterocycles. The smallest absolute Gasteiger partial charge is 0.226 e. The van der Waals surface area contributed by atoms with Crippen molar-refractivity contribution in [3.63, 3.8) is 0 Å². The van der Waals surface area contributed by atoms with Crippen molar-refractivity contribution in [1.29, 1.82) is 0 Å². The fraction of sp³-hybridized carbons (Fsp3) is 0.133. The molecule has 0 saturated carbocycles. The van der Waals surface area contributed by atoms with Crippen molar-refractivity contribution >= 4 is 56.4 Å². The van der Waals surface area contributed by atoms with Gasteiger partial charge >= 0.3 is 0 Å². The molecular formula is C15H13BrCl2N2O. The first-order chi connectivity index (χ1) is 10.0. The van der Waals surface area contributed by atoms with Gasteiger partial charge in [0, 0.05) is 28.8 Å². The summed E-state index contributed by atoms with van der Waals surface area (Å²) in [6, 6.07) is 12.7. The summed E-state index contributed by atoms with van der Waals surface area (Å²) in [5, 5.41) is 6.96. The predicted octanol–water partition coefficient (Wildman–Crippen LogP) is 5.20. The zero-order valence-electron chi connectivity index (χ0n) is 11.0. The molecule has 21 heavy (non-hydrogen) atoms. The first kappa shape index (κ1) is 16.1. The molecule has 1 amide bonds. The van der Waals surface area contributed by atoms with Gasteiger partial charge in [-0.3, -0.25) is 4.79 Å². The normalized spacial score (nSPS) is 10.2. The van der Waals surface area contributed by atoms with Gasteiger partial charge in [0.05, 0.1) is 10.0 Å². The van der Waals surface area contributed by atoms with Gasteiger partial charge in [-0.05, 0) is 36.4 Å². The first-order valence-electron chi connectivity index (χ1n) is 6.29. The fourth-order valence-electron chi connectivity index (χ4n) is 1.72. The molecule has 0 bridgehead atoms. The van der Waals surface area contributed by atoms with Gasteiger partial charge in [-0.25, -0.2) is 0 Å². The Labute approximate surface area is 141 Å². The van der Waals surface area contributed by atoms with Crippen molar-refractivity contribution < 1.29 is 4.79 Å². The Bertz CT molecular complexity index is 649. The Morgan fingerprint density at radius 3 is 2.57 bits per heavy atom. The minimum absolute atomic E-state index is 0.0549. The number of nitrogens with one attached hydrogen (secondary N) is 2. The molecule has 0 spiro atoms. The maximum atomic E-state index is 11.8. The number of anilines is 2. The SMILES string of the molecule is O=C(CCNc1ccc(Cl)c(Cl)c1)Nc1cccc(Br)c1. The Morgan fingerprint density at radius 1 is 1.05 bits per heavy atom. The van der Waals surface area contributed by atoms with Crippen molar-refractivity contribution in [2.45, 2.75) is 6.42 Å². The van der Waals surface area contributed by atoms with Gasteiger partial charge in [-0.2, -0.15) is 0 Å². The van der Waals surface area contributed by atoms with E-state index in [4.69, 9.17) is 23.2 Å². The lowest BCUT2D eigenvalue weighted by Gasteiger charge is -2.08. The lowest BCUT2D eigenvalue weighted by molar-refractivity contribution is -0.115. The minimum Gasteiger partial charge on any atom is -0.384 e. The number of carbonyl (C=O) groups is 1. The highest BCUT2D eigenvalue weighted by molar-refractivity contribution is 9.10. The quantitative estimate of drug-likeness (QED) is 0.740. The molecule has 2 rings (SSSR count). The number of hydrogen-bond acceptors (Lipinski definition) is 2. The van der Waals surface area contributed by atoms with Crippen LogP contribution in [0, 0.1) is 0 Å². The largest absolute Gasteiger partial charge is 0.384 e. The third-order valence-electron chi connectivity index (χ3n) is 2.71. The van der Waals surface area contributed by atoms with E-state index in [9.17, 15) is 4.79 Å². The van der Waals surface area contributed by atoms with Crippen LogP contribution < -0.4 is 10.6 Å². The molecule has 0 saturated heterocycles. The van der Waals surface area contributed by atoms with Crippen LogP contribution in [0.4, 0.5) is 11.4 Å². The van der Waals surface area contributed by atoms with Crippen LogP contribution in [0.2, 0.25) is 10.0 Å². The molecule has 0 unspecified atom stereocenters. The van der Waals surface area contributed by atoms with E-state index in [2.05, 4.69) is 26.6 Å². The molecule has 0 atom stereocenters. The Morgan fingerprint density at radius 2 is 1.86 bits per heavy atom. The van der Waals surface area contributed by atoms with E-state index < -0.39 is 0 Å². The number of rotatable bonds is 5. The van der Waals surface area contributed by atoms with E-state index in [1.54, 1.807) is 12.1 Å². The number of hydrogen-bond donors (Lipinski definition) is 2. The third kappa shape index (κ3) is 5.23. The summed E-state index contributed by atoms with van der Waals surface area (Å²) in [5.74, 6) is -0.0549. The number of amides is 1. The molecule has 110 valence electrons. The van der Waals surface area contributed by atoms with Crippen LogP contribution in [0.3, 0.4) is 0 Å². The zero-order chi connectivity index (χ0) is 15.2. The molecule has 0 heterocycles. The molecular weight excluding hydrogens is 375 g/mol. The third-order valence-corrected chi connectivity index (χ3v) is 3.94. The van der Waals surface area contributed by atoms with Crippen LogP contribution in [0.1, 0.15) is 6.42 Å². The monoisotopic (exact) mass is 386 g/mol. The van der Waals surface area contributed by atoms with Gasteiger partial charge in [0.25, 0.3) is 0 Å². The zero-order valence-corrected chi connectivity index (χ0v) is 14.1. The van der Waals surface area contributed by atoms with E-state index in [0.29, 0.717) is 23.0 Å². The highest BCUT2D eigenvalue weighted by Crippen LogP contribution is 2.24. The van der Waals surface area contributed by atoms with Crippen LogP contribution in [0.15, 0.2) is 46.9 Å². The van der Waals surface area contributed by atoms with Gasteiger partial charge in [0.1, 0.15) is 0 Å². The minimum atomic E-state index is -0.0549. The predicted molar refractivity (Wildman–Crippen MR) is 92.3 cm³/mol. The topological polar surface area (TPSA) is 41.1 Å². The van der Waals surface area contributed by atoms with Crippen molar-refractivity contribution in [1.82, 2.24) is 0 Å². The van der Waals surface area contributed by atoms with E-state index in [1.807, 2.05) is 30.3 Å². The lowest BCUT2D eigenvalue weighted by Crippen LogP contribution is -2.16. The first-order valence-corrected chi connectivity index (χ1v) is 7.84. The summed E-state index contributed by atoms with van der Waals surface area (Å²) in [4.78, 5) is 11.8. The van der Waals surface area contributed by atoms with Gasteiger partial charge in [0.15, 0.2) is 0 Å². The van der Waals surface area contributed by atoms with Crippen molar-refractivity contribution in [2.75, 3.05) is 17.2 Å². The molecule has 2 aromatic rings. The number of benzene rings is 2. The average molecular weight is 388 g/mol. The second kappa shape index (κ2) is 7.69. The van der Waals surface area contributed by atoms with Crippen LogP contribution >= 0.6 is 39.1 Å². The Kier molecular flexibility index (Phi) is 5.91. The second-order valence-corrected chi connectivity index (χ2v) is 6.09. The van der Waals surface area contributed by atoms with Gasteiger partial charge in [0.2, 0.25) is 5.91 Å². The molecule has 0 radical (unpaired) electrons. The fourth-order valence-corrected chi connectivity index (χ4v) is 2.41. The highest BCUT2D eigenvalue weighted by atomic mass is 79.9. The lowest BCUT2D eigenvalue weighted by atomic mass is 10.3. The molecule has 0 aromatic heterocycles. The van der Waals surface area contributed by atoms with Gasteiger partial charge in [-0.15, -0.1) is 0 Å². The Hall–Kier alpha value is -1.23. The van der Waals surface area contributed by atoms with E-state index in [1.165, 1.54) is 0 Å². The summed E-state index contributed by atoms with van der Waals surface area (Å²) in [6.07, 6.45) is 0.354. The molecule has 2 aromatic carbocycles. The summed E-state index contributed by atoms with van der Waals surface area (Å²) < 4.78 is 0.925. The summed E-state index contributed by atoms with van der Waals surface area (Å²) >= 11 is 15.1. The summed E-state index contributed by atoms with van der Waals surface area (Å²) in [5.41, 5.74) is 1.60. The van der Waals surface area contributed by atoms with Gasteiger partial charge in [-0.1, -0.05) is 45.2 Å². The summed E-state index contributed by atoms with van der Waals surface area (Å²) in [7, 11) is 0. The van der Waals surface area contributed by atoms with Crippen molar-refractivity contribution in [3.8, 4) is 0 Å². The van der Waals surface area contributed by atoms with Gasteiger partial charge < -0.3 is 10.6 Å². The molecule has 3 nitrogen and oxygen atoms in total. The maximum absolute atomic E-state index is 11.8. The second-order valence-electron chi connectivity index (χ2n) is 4.36. The van der Waals surface area contributed by atoms with E-state index in [-0.39, 0.29) is 5.91 Å². The summed E-state index contributed by atoms with van der Waals surface area (Å²) in [6.45, 7) is 0.512. The molecule has 0 aliphatic rings. The van der Waals surface area contributed by atoms with Crippen LogP contribution in [-0.2, 0) is 4.79 Å². The van der Waals surface area contributed by atoms with E-state index >= 15 is 0 Å². The average Bonchev–Trinajstić information content (AvgIpc) is 2.43.